The van der Waals surface area contributed by atoms with E-state index in [1.54, 1.807) is 38.1 Å². The minimum atomic E-state index is -1.16. The van der Waals surface area contributed by atoms with E-state index in [1.807, 2.05) is 12.1 Å². The molecule has 0 bridgehead atoms. The Labute approximate surface area is 171 Å². The third-order valence-electron chi connectivity index (χ3n) is 4.99. The summed E-state index contributed by atoms with van der Waals surface area (Å²) in [6.07, 6.45) is 1.98. The zero-order valence-electron chi connectivity index (χ0n) is 17.2. The summed E-state index contributed by atoms with van der Waals surface area (Å²) in [6, 6.07) is 10.7. The topological polar surface area (TPSA) is 64.6 Å². The molecule has 0 N–H and O–H groups in total. The van der Waals surface area contributed by atoms with Crippen molar-refractivity contribution in [3.8, 4) is 17.1 Å². The average molecular weight is 401 g/mol. The SMILES string of the molecule is COC(=O)c1cccc(-c2ccc(OCC3CCN(CC(C)(C)F)CC3)nn2)c1. The van der Waals surface area contributed by atoms with Crippen molar-refractivity contribution in [1.82, 2.24) is 15.1 Å². The van der Waals surface area contributed by atoms with Gasteiger partial charge in [0.1, 0.15) is 5.67 Å². The molecule has 0 spiro atoms. The second-order valence-electron chi connectivity index (χ2n) is 8.08. The molecule has 0 aliphatic carbocycles. The molecular weight excluding hydrogens is 373 g/mol. The van der Waals surface area contributed by atoms with Crippen LogP contribution in [0.5, 0.6) is 5.88 Å². The fourth-order valence-electron chi connectivity index (χ4n) is 3.52. The van der Waals surface area contributed by atoms with Crippen molar-refractivity contribution in [2.45, 2.75) is 32.4 Å². The zero-order chi connectivity index (χ0) is 20.9. The van der Waals surface area contributed by atoms with Crippen LogP contribution in [0.2, 0.25) is 0 Å². The zero-order valence-corrected chi connectivity index (χ0v) is 17.2. The van der Waals surface area contributed by atoms with Gasteiger partial charge < -0.3 is 14.4 Å². The van der Waals surface area contributed by atoms with E-state index in [2.05, 4.69) is 15.1 Å². The van der Waals surface area contributed by atoms with E-state index >= 15 is 0 Å². The number of esters is 1. The van der Waals surface area contributed by atoms with Crippen LogP contribution in [-0.4, -0.2) is 60.1 Å². The number of hydrogen-bond donors (Lipinski definition) is 0. The number of methoxy groups -OCH3 is 1. The number of carbonyl (C=O) groups is 1. The molecule has 0 atom stereocenters. The van der Waals surface area contributed by atoms with Gasteiger partial charge in [0.25, 0.3) is 0 Å². The molecule has 29 heavy (non-hydrogen) atoms. The first kappa shape index (κ1) is 21.2. The van der Waals surface area contributed by atoms with Gasteiger partial charge in [-0.3, -0.25) is 0 Å². The summed E-state index contributed by atoms with van der Waals surface area (Å²) in [5.74, 6) is 0.526. The number of rotatable bonds is 7. The van der Waals surface area contributed by atoms with Crippen LogP contribution >= 0.6 is 0 Å². The lowest BCUT2D eigenvalue weighted by atomic mass is 9.97. The molecule has 1 aromatic heterocycles. The molecule has 1 saturated heterocycles. The lowest BCUT2D eigenvalue weighted by molar-refractivity contribution is 0.0600. The van der Waals surface area contributed by atoms with Crippen LogP contribution in [0.1, 0.15) is 37.0 Å². The molecule has 3 rings (SSSR count). The molecule has 0 amide bonds. The van der Waals surface area contributed by atoms with E-state index in [0.717, 1.165) is 31.5 Å². The molecule has 0 radical (unpaired) electrons. The number of halogens is 1. The fraction of sp³-hybridized carbons (Fsp3) is 0.500. The number of ether oxygens (including phenoxy) is 2. The normalized spacial score (nSPS) is 15.9. The maximum Gasteiger partial charge on any atom is 0.337 e. The quantitative estimate of drug-likeness (QED) is 0.658. The Hall–Kier alpha value is -2.54. The van der Waals surface area contributed by atoms with Gasteiger partial charge in [-0.25, -0.2) is 9.18 Å². The third-order valence-corrected chi connectivity index (χ3v) is 4.99. The summed E-state index contributed by atoms with van der Waals surface area (Å²) in [7, 11) is 1.35. The molecular formula is C22H28FN3O3. The maximum absolute atomic E-state index is 13.8. The van der Waals surface area contributed by atoms with Gasteiger partial charge in [-0.05, 0) is 63.9 Å². The summed E-state index contributed by atoms with van der Waals surface area (Å²) in [5.41, 5.74) is 0.756. The number of alkyl halides is 1. The average Bonchev–Trinajstić information content (AvgIpc) is 2.72. The Morgan fingerprint density at radius 1 is 1.21 bits per heavy atom. The van der Waals surface area contributed by atoms with Crippen LogP contribution in [0, 0.1) is 5.92 Å². The summed E-state index contributed by atoms with van der Waals surface area (Å²) in [5, 5.41) is 8.36. The van der Waals surface area contributed by atoms with Gasteiger partial charge >= 0.3 is 5.97 Å². The highest BCUT2D eigenvalue weighted by Crippen LogP contribution is 2.23. The minimum absolute atomic E-state index is 0.388. The second kappa shape index (κ2) is 9.31. The Kier molecular flexibility index (Phi) is 6.79. The monoisotopic (exact) mass is 401 g/mol. The molecule has 2 aromatic rings. The standard InChI is InChI=1S/C22H28FN3O3/c1-22(2,23)15-26-11-9-16(10-12-26)14-29-20-8-7-19(24-25-20)17-5-4-6-18(13-17)21(27)28-3/h4-8,13,16H,9-12,14-15H2,1-3H3. The Bertz CT molecular complexity index is 813. The Balaban J connectivity index is 1.51. The van der Waals surface area contributed by atoms with E-state index in [4.69, 9.17) is 9.47 Å². The Morgan fingerprint density at radius 3 is 2.59 bits per heavy atom. The van der Waals surface area contributed by atoms with Gasteiger partial charge in [-0.2, -0.15) is 0 Å². The van der Waals surface area contributed by atoms with E-state index < -0.39 is 5.67 Å². The second-order valence-corrected chi connectivity index (χ2v) is 8.08. The van der Waals surface area contributed by atoms with Crippen molar-refractivity contribution >= 4 is 5.97 Å². The molecule has 2 heterocycles. The summed E-state index contributed by atoms with van der Waals surface area (Å²) in [6.45, 7) is 6.08. The number of benzene rings is 1. The molecule has 0 unspecified atom stereocenters. The third kappa shape index (κ3) is 6.22. The van der Waals surface area contributed by atoms with Crippen LogP contribution in [0.4, 0.5) is 4.39 Å². The van der Waals surface area contributed by atoms with Crippen LogP contribution in [0.15, 0.2) is 36.4 Å². The highest BCUT2D eigenvalue weighted by molar-refractivity contribution is 5.90. The molecule has 1 aromatic carbocycles. The van der Waals surface area contributed by atoms with Crippen LogP contribution in [0.25, 0.3) is 11.3 Å². The van der Waals surface area contributed by atoms with Gasteiger partial charge in [0, 0.05) is 18.2 Å². The van der Waals surface area contributed by atoms with Gasteiger partial charge in [0.2, 0.25) is 5.88 Å². The number of nitrogens with zero attached hydrogens (tertiary/aromatic N) is 3. The fourth-order valence-corrected chi connectivity index (χ4v) is 3.52. The number of carbonyl (C=O) groups excluding carboxylic acids is 1. The largest absolute Gasteiger partial charge is 0.476 e. The van der Waals surface area contributed by atoms with E-state index in [-0.39, 0.29) is 5.97 Å². The lowest BCUT2D eigenvalue weighted by Crippen LogP contribution is -2.41. The van der Waals surface area contributed by atoms with Crippen LogP contribution in [0.3, 0.4) is 0 Å². The van der Waals surface area contributed by atoms with Gasteiger partial charge in [0.15, 0.2) is 0 Å². The summed E-state index contributed by atoms with van der Waals surface area (Å²) in [4.78, 5) is 13.8. The van der Waals surface area contributed by atoms with E-state index in [9.17, 15) is 9.18 Å². The number of aromatic nitrogens is 2. The molecule has 1 aliphatic heterocycles. The molecule has 7 heteroatoms. The van der Waals surface area contributed by atoms with Crippen molar-refractivity contribution in [2.75, 3.05) is 33.4 Å². The molecule has 1 aliphatic rings. The lowest BCUT2D eigenvalue weighted by Gasteiger charge is -2.34. The molecule has 156 valence electrons. The van der Waals surface area contributed by atoms with E-state index in [0.29, 0.717) is 36.2 Å². The number of likely N-dealkylation sites (tertiary alicyclic amines) is 1. The number of hydrogen-bond acceptors (Lipinski definition) is 6. The molecule has 6 nitrogen and oxygen atoms in total. The predicted octanol–water partition coefficient (Wildman–Crippen LogP) is 3.77. The van der Waals surface area contributed by atoms with Gasteiger partial charge in [-0.1, -0.05) is 12.1 Å². The smallest absolute Gasteiger partial charge is 0.337 e. The minimum Gasteiger partial charge on any atom is -0.476 e. The number of piperidine rings is 1. The van der Waals surface area contributed by atoms with Crippen LogP contribution in [-0.2, 0) is 4.74 Å². The van der Waals surface area contributed by atoms with E-state index in [1.165, 1.54) is 7.11 Å². The van der Waals surface area contributed by atoms with Crippen molar-refractivity contribution in [3.05, 3.63) is 42.0 Å². The summed E-state index contributed by atoms with van der Waals surface area (Å²) < 4.78 is 24.3. The summed E-state index contributed by atoms with van der Waals surface area (Å²) >= 11 is 0. The highest BCUT2D eigenvalue weighted by Gasteiger charge is 2.25. The Morgan fingerprint density at radius 2 is 1.97 bits per heavy atom. The van der Waals surface area contributed by atoms with Gasteiger partial charge in [-0.15, -0.1) is 10.2 Å². The van der Waals surface area contributed by atoms with Crippen molar-refractivity contribution < 1.29 is 18.7 Å². The van der Waals surface area contributed by atoms with Crippen molar-refractivity contribution in [3.63, 3.8) is 0 Å². The first-order chi connectivity index (χ1) is 13.8. The maximum atomic E-state index is 13.8. The van der Waals surface area contributed by atoms with Crippen molar-refractivity contribution in [2.24, 2.45) is 5.92 Å². The first-order valence-electron chi connectivity index (χ1n) is 9.90. The predicted molar refractivity (Wildman–Crippen MR) is 109 cm³/mol. The van der Waals surface area contributed by atoms with Gasteiger partial charge in [0.05, 0.1) is 25.0 Å². The molecule has 1 fully saturated rings. The van der Waals surface area contributed by atoms with Crippen molar-refractivity contribution in [1.29, 1.82) is 0 Å². The molecule has 0 saturated carbocycles. The highest BCUT2D eigenvalue weighted by atomic mass is 19.1. The van der Waals surface area contributed by atoms with Crippen LogP contribution < -0.4 is 4.74 Å². The first-order valence-corrected chi connectivity index (χ1v) is 9.90.